The average molecular weight is 595 g/mol. The van der Waals surface area contributed by atoms with Gasteiger partial charge >= 0.3 is 6.03 Å². The second kappa shape index (κ2) is 14.6. The van der Waals surface area contributed by atoms with Gasteiger partial charge in [-0.25, -0.2) is 4.79 Å². The molecule has 43 heavy (non-hydrogen) atoms. The predicted molar refractivity (Wildman–Crippen MR) is 159 cm³/mol. The van der Waals surface area contributed by atoms with Crippen molar-refractivity contribution in [1.82, 2.24) is 20.4 Å². The lowest BCUT2D eigenvalue weighted by Crippen LogP contribution is -2.60. The molecule has 1 aliphatic carbocycles. The third-order valence-electron chi connectivity index (χ3n) is 8.32. The molecule has 4 bridgehead atoms. The van der Waals surface area contributed by atoms with Crippen molar-refractivity contribution in [3.05, 3.63) is 53.6 Å². The second-order valence-electron chi connectivity index (χ2n) is 11.5. The van der Waals surface area contributed by atoms with E-state index in [-0.39, 0.29) is 49.7 Å². The zero-order valence-corrected chi connectivity index (χ0v) is 24.8. The third-order valence-corrected chi connectivity index (χ3v) is 8.32. The van der Waals surface area contributed by atoms with E-state index in [1.165, 1.54) is 18.4 Å². The Kier molecular flexibility index (Phi) is 10.4. The largest absolute Gasteiger partial charge is 0.493 e. The number of hydrogen-bond acceptors (Lipinski definition) is 7. The van der Waals surface area contributed by atoms with Gasteiger partial charge < -0.3 is 39.8 Å². The number of hydrogen-bond donors (Lipinski definition) is 3. The lowest BCUT2D eigenvalue weighted by molar-refractivity contribution is -0.124. The molecule has 11 nitrogen and oxygen atoms in total. The number of aliphatic hydroxyl groups is 1. The van der Waals surface area contributed by atoms with Gasteiger partial charge in [0.15, 0.2) is 11.5 Å². The van der Waals surface area contributed by atoms with Gasteiger partial charge in [-0.15, -0.1) is 0 Å². The molecule has 0 unspecified atom stereocenters. The Morgan fingerprint density at radius 1 is 1.12 bits per heavy atom. The summed E-state index contributed by atoms with van der Waals surface area (Å²) in [6.07, 6.45) is 5.95. The van der Waals surface area contributed by atoms with Gasteiger partial charge in [-0.05, 0) is 61.6 Å². The van der Waals surface area contributed by atoms with E-state index in [9.17, 15) is 19.5 Å². The number of methoxy groups -OCH3 is 1. The summed E-state index contributed by atoms with van der Waals surface area (Å²) < 4.78 is 18.0. The monoisotopic (exact) mass is 594 g/mol. The van der Waals surface area contributed by atoms with Gasteiger partial charge in [0.25, 0.3) is 5.91 Å². The maximum absolute atomic E-state index is 13.6. The molecule has 1 saturated carbocycles. The first-order valence-corrected chi connectivity index (χ1v) is 15.2. The van der Waals surface area contributed by atoms with E-state index >= 15 is 0 Å². The van der Waals surface area contributed by atoms with Crippen molar-refractivity contribution in [2.45, 2.75) is 69.7 Å². The van der Waals surface area contributed by atoms with Crippen molar-refractivity contribution in [2.24, 2.45) is 0 Å². The molecule has 11 heteroatoms. The minimum Gasteiger partial charge on any atom is -0.493 e. The van der Waals surface area contributed by atoms with Crippen LogP contribution in [0.15, 0.2) is 42.5 Å². The summed E-state index contributed by atoms with van der Waals surface area (Å²) in [5.41, 5.74) is 1.21. The molecule has 0 spiro atoms. The SMILES string of the molecule is COc1ccc2cc1Oc1cccc(c1)CO[C@H]1CCN(C(=O)NC3CCCCC3)C[C@@H]1NC(=O)CN(CCCO)C2=O. The van der Waals surface area contributed by atoms with Crippen LogP contribution in [0.5, 0.6) is 17.2 Å². The molecule has 2 aromatic carbocycles. The van der Waals surface area contributed by atoms with Crippen LogP contribution in [0.4, 0.5) is 4.79 Å². The van der Waals surface area contributed by atoms with E-state index in [1.54, 1.807) is 23.1 Å². The van der Waals surface area contributed by atoms with Gasteiger partial charge in [0.1, 0.15) is 5.75 Å². The van der Waals surface area contributed by atoms with Crippen molar-refractivity contribution in [3.8, 4) is 17.2 Å². The highest BCUT2D eigenvalue weighted by Gasteiger charge is 2.35. The van der Waals surface area contributed by atoms with Gasteiger partial charge in [0, 0.05) is 37.8 Å². The second-order valence-corrected chi connectivity index (χ2v) is 11.5. The zero-order valence-electron chi connectivity index (χ0n) is 24.8. The molecule has 3 aliphatic rings. The van der Waals surface area contributed by atoms with Crippen LogP contribution in [0.25, 0.3) is 0 Å². The number of amides is 4. The highest BCUT2D eigenvalue weighted by atomic mass is 16.5. The number of carbonyl (C=O) groups excluding carboxylic acids is 3. The molecule has 0 radical (unpaired) electrons. The van der Waals surface area contributed by atoms with Crippen LogP contribution in [-0.2, 0) is 16.1 Å². The smallest absolute Gasteiger partial charge is 0.317 e. The fourth-order valence-electron chi connectivity index (χ4n) is 6.01. The Labute approximate surface area is 252 Å². The van der Waals surface area contributed by atoms with Crippen LogP contribution < -0.4 is 20.1 Å². The van der Waals surface area contributed by atoms with Crippen LogP contribution in [-0.4, -0.2) is 90.8 Å². The summed E-state index contributed by atoms with van der Waals surface area (Å²) >= 11 is 0. The number of nitrogens with one attached hydrogen (secondary N) is 2. The molecule has 232 valence electrons. The van der Waals surface area contributed by atoms with Crippen molar-refractivity contribution >= 4 is 17.8 Å². The molecular formula is C32H42N4O7. The minimum atomic E-state index is -0.465. The Morgan fingerprint density at radius 2 is 1.95 bits per heavy atom. The maximum Gasteiger partial charge on any atom is 0.317 e. The van der Waals surface area contributed by atoms with E-state index in [2.05, 4.69) is 10.6 Å². The van der Waals surface area contributed by atoms with Crippen LogP contribution in [0.1, 0.15) is 60.9 Å². The molecule has 5 rings (SSSR count). The lowest BCUT2D eigenvalue weighted by Gasteiger charge is -2.39. The summed E-state index contributed by atoms with van der Waals surface area (Å²) in [6.45, 7) is 0.951. The molecule has 2 aromatic rings. The summed E-state index contributed by atoms with van der Waals surface area (Å²) in [5, 5.41) is 15.7. The van der Waals surface area contributed by atoms with E-state index in [0.29, 0.717) is 55.4 Å². The van der Waals surface area contributed by atoms with Crippen LogP contribution in [0.2, 0.25) is 0 Å². The first-order chi connectivity index (χ1) is 20.9. The van der Waals surface area contributed by atoms with Gasteiger partial charge in [-0.3, -0.25) is 9.59 Å². The van der Waals surface area contributed by atoms with Gasteiger partial charge in [-0.2, -0.15) is 0 Å². The van der Waals surface area contributed by atoms with Gasteiger partial charge in [0.05, 0.1) is 32.4 Å². The fraction of sp³-hybridized carbons (Fsp3) is 0.531. The Bertz CT molecular complexity index is 1280. The predicted octanol–water partition coefficient (Wildman–Crippen LogP) is 3.44. The normalized spacial score (nSPS) is 21.8. The number of rotatable bonds is 5. The van der Waals surface area contributed by atoms with Crippen LogP contribution in [0, 0.1) is 0 Å². The number of carbonyl (C=O) groups is 3. The molecule has 4 amide bonds. The fourth-order valence-corrected chi connectivity index (χ4v) is 6.01. The minimum absolute atomic E-state index is 0.119. The zero-order chi connectivity index (χ0) is 30.2. The maximum atomic E-state index is 13.6. The molecular weight excluding hydrogens is 552 g/mol. The van der Waals surface area contributed by atoms with Crippen molar-refractivity contribution < 1.29 is 33.7 Å². The standard InChI is InChI=1S/C32H42N4O7/c1-41-28-12-11-23-18-29(28)43-25-10-5-7-22(17-25)21-42-27-13-15-36(32(40)33-24-8-3-2-4-9-24)19-26(27)34-30(38)20-35(31(23)39)14-6-16-37/h5,7,10-12,17-18,24,26-27,37H,2-4,6,8-9,13-16,19-21H2,1H3,(H,33,40)(H,34,38)/t26-,27-/m0/s1. The van der Waals surface area contributed by atoms with Crippen molar-refractivity contribution in [1.29, 1.82) is 0 Å². The van der Waals surface area contributed by atoms with Crippen molar-refractivity contribution in [3.63, 3.8) is 0 Å². The molecule has 2 aliphatic heterocycles. The highest BCUT2D eigenvalue weighted by molar-refractivity contribution is 5.97. The summed E-state index contributed by atoms with van der Waals surface area (Å²) in [4.78, 5) is 43.4. The van der Waals surface area contributed by atoms with E-state index in [1.807, 2.05) is 24.3 Å². The van der Waals surface area contributed by atoms with Gasteiger partial charge in [0.2, 0.25) is 5.91 Å². The molecule has 3 N–H and O–H groups in total. The van der Waals surface area contributed by atoms with E-state index in [4.69, 9.17) is 14.2 Å². The number of urea groups is 1. The summed E-state index contributed by atoms with van der Waals surface area (Å²) in [7, 11) is 1.53. The number of fused-ring (bicyclic) bond motifs is 5. The lowest BCUT2D eigenvalue weighted by atomic mass is 9.95. The molecule has 2 atom stereocenters. The number of ether oxygens (including phenoxy) is 3. The Hall–Kier alpha value is -3.83. The van der Waals surface area contributed by atoms with Crippen molar-refractivity contribution in [2.75, 3.05) is 39.9 Å². The molecule has 2 fully saturated rings. The van der Waals surface area contributed by atoms with Crippen LogP contribution >= 0.6 is 0 Å². The molecule has 0 aromatic heterocycles. The highest BCUT2D eigenvalue weighted by Crippen LogP contribution is 2.33. The quantitative estimate of drug-likeness (QED) is 0.484. The van der Waals surface area contributed by atoms with Gasteiger partial charge in [-0.1, -0.05) is 31.4 Å². The van der Waals surface area contributed by atoms with E-state index < -0.39 is 6.04 Å². The average Bonchev–Trinajstić information content (AvgIpc) is 3.02. The van der Waals surface area contributed by atoms with E-state index in [0.717, 1.165) is 31.2 Å². The number of piperidine rings is 1. The molecule has 1 saturated heterocycles. The summed E-state index contributed by atoms with van der Waals surface area (Å²) in [6, 6.07) is 12.0. The number of aliphatic hydroxyl groups excluding tert-OH is 1. The summed E-state index contributed by atoms with van der Waals surface area (Å²) in [5.74, 6) is 0.651. The Balaban J connectivity index is 1.40. The topological polar surface area (TPSA) is 130 Å². The number of benzene rings is 2. The third kappa shape index (κ3) is 7.97. The van der Waals surface area contributed by atoms with Crippen LogP contribution in [0.3, 0.4) is 0 Å². The first kappa shape index (κ1) is 30.6. The Morgan fingerprint density at radius 3 is 2.74 bits per heavy atom. The number of nitrogens with zero attached hydrogens (tertiary/aromatic N) is 2. The molecule has 2 heterocycles. The number of likely N-dealkylation sites (tertiary alicyclic amines) is 1. The first-order valence-electron chi connectivity index (χ1n) is 15.2.